The van der Waals surface area contributed by atoms with Crippen molar-refractivity contribution in [1.29, 1.82) is 0 Å². The fourth-order valence-corrected chi connectivity index (χ4v) is 5.17. The number of carbonyl (C=O) groups excluding carboxylic acids is 2. The molecule has 2 N–H and O–H groups in total. The quantitative estimate of drug-likeness (QED) is 0.543. The van der Waals surface area contributed by atoms with Crippen molar-refractivity contribution >= 4 is 50.9 Å². The molecule has 2 aromatic heterocycles. The van der Waals surface area contributed by atoms with Crippen molar-refractivity contribution in [2.24, 2.45) is 0 Å². The number of fused-ring (bicyclic) bond motifs is 3. The van der Waals surface area contributed by atoms with Crippen LogP contribution in [0.1, 0.15) is 26.7 Å². The summed E-state index contributed by atoms with van der Waals surface area (Å²) in [6.07, 6.45) is 2.70. The molecule has 0 radical (unpaired) electrons. The second-order valence-electron chi connectivity index (χ2n) is 10.1. The summed E-state index contributed by atoms with van der Waals surface area (Å²) in [4.78, 5) is 37.1. The number of pyridine rings is 1. The highest BCUT2D eigenvalue weighted by atomic mass is 35.5. The average Bonchev–Trinajstić information content (AvgIpc) is 3.17. The number of carbonyl (C=O) groups is 2. The van der Waals surface area contributed by atoms with E-state index in [1.165, 1.54) is 4.90 Å². The van der Waals surface area contributed by atoms with Gasteiger partial charge in [-0.05, 0) is 32.0 Å². The Morgan fingerprint density at radius 3 is 2.75 bits per heavy atom. The zero-order valence-corrected chi connectivity index (χ0v) is 20.9. The van der Waals surface area contributed by atoms with E-state index in [0.717, 1.165) is 16.3 Å². The predicted molar refractivity (Wildman–Crippen MR) is 133 cm³/mol. The maximum Gasteiger partial charge on any atom is 0.251 e. The molecule has 0 bridgehead atoms. The number of morpholine rings is 1. The summed E-state index contributed by atoms with van der Waals surface area (Å²) < 4.78 is 33.0. The van der Waals surface area contributed by atoms with E-state index in [1.54, 1.807) is 23.4 Å². The molecular weight excluding hydrogens is 492 g/mol. The van der Waals surface area contributed by atoms with E-state index in [1.807, 2.05) is 26.0 Å². The molecule has 2 amide bonds. The second kappa shape index (κ2) is 9.24. The Balaban J connectivity index is 1.37. The fraction of sp³-hybridized carbons (Fsp3) is 0.480. The number of halogens is 3. The van der Waals surface area contributed by atoms with Gasteiger partial charge in [-0.3, -0.25) is 19.5 Å². The van der Waals surface area contributed by atoms with Crippen LogP contribution in [0.4, 0.5) is 14.5 Å². The average molecular weight is 520 g/mol. The molecule has 36 heavy (non-hydrogen) atoms. The van der Waals surface area contributed by atoms with Crippen LogP contribution in [0.5, 0.6) is 0 Å². The minimum atomic E-state index is -2.73. The number of ether oxygens (including phenoxy) is 1. The first-order chi connectivity index (χ1) is 17.0. The molecule has 0 spiro atoms. The fourth-order valence-electron chi connectivity index (χ4n) is 4.95. The molecule has 2 aliphatic heterocycles. The lowest BCUT2D eigenvalue weighted by Gasteiger charge is -2.43. The van der Waals surface area contributed by atoms with Gasteiger partial charge in [0.2, 0.25) is 11.8 Å². The molecule has 5 rings (SSSR count). The van der Waals surface area contributed by atoms with E-state index in [4.69, 9.17) is 16.3 Å². The van der Waals surface area contributed by atoms with E-state index in [-0.39, 0.29) is 50.9 Å². The van der Waals surface area contributed by atoms with Gasteiger partial charge in [0.25, 0.3) is 5.92 Å². The Morgan fingerprint density at radius 2 is 2.00 bits per heavy atom. The molecule has 192 valence electrons. The normalized spacial score (nSPS) is 22.1. The van der Waals surface area contributed by atoms with Gasteiger partial charge in [-0.25, -0.2) is 8.78 Å². The Hall–Kier alpha value is -2.82. The van der Waals surface area contributed by atoms with Crippen LogP contribution in [0.25, 0.3) is 21.8 Å². The van der Waals surface area contributed by atoms with Gasteiger partial charge in [0.05, 0.1) is 41.7 Å². The zero-order chi connectivity index (χ0) is 25.7. The third-order valence-corrected chi connectivity index (χ3v) is 7.10. The number of aromatic amines is 1. The van der Waals surface area contributed by atoms with Crippen LogP contribution < -0.4 is 5.32 Å². The Morgan fingerprint density at radius 1 is 1.25 bits per heavy atom. The van der Waals surface area contributed by atoms with Gasteiger partial charge in [-0.2, -0.15) is 0 Å². The third kappa shape index (κ3) is 5.02. The van der Waals surface area contributed by atoms with Crippen molar-refractivity contribution in [3.05, 3.63) is 35.6 Å². The van der Waals surface area contributed by atoms with Crippen LogP contribution in [-0.2, 0) is 14.3 Å². The summed E-state index contributed by atoms with van der Waals surface area (Å²) in [6.45, 7) is 4.16. The maximum atomic E-state index is 13.6. The lowest BCUT2D eigenvalue weighted by atomic mass is 10.0. The van der Waals surface area contributed by atoms with Crippen molar-refractivity contribution in [3.8, 4) is 0 Å². The summed E-state index contributed by atoms with van der Waals surface area (Å²) in [5.41, 5.74) is 1.46. The van der Waals surface area contributed by atoms with Crippen LogP contribution >= 0.6 is 11.6 Å². The number of rotatable bonds is 4. The Bertz CT molecular complexity index is 1320. The first kappa shape index (κ1) is 24.9. The smallest absolute Gasteiger partial charge is 0.251 e. The van der Waals surface area contributed by atoms with Crippen molar-refractivity contribution in [2.45, 2.75) is 44.3 Å². The van der Waals surface area contributed by atoms with Crippen LogP contribution in [-0.4, -0.2) is 81.9 Å². The monoisotopic (exact) mass is 519 g/mol. The van der Waals surface area contributed by atoms with E-state index >= 15 is 0 Å². The lowest BCUT2D eigenvalue weighted by molar-refractivity contribution is -0.152. The van der Waals surface area contributed by atoms with Crippen molar-refractivity contribution in [3.63, 3.8) is 0 Å². The summed E-state index contributed by atoms with van der Waals surface area (Å²) in [7, 11) is 0. The standard InChI is InChI=1S/C25H28ClF2N5O3/c1-24(2)14-33(12-21(34)32-7-4-25(27,28)5-8-32)20(13-36-24)23(35)31-18-10-15(26)9-17-16-3-6-29-11-19(16)30-22(17)18/h3,6,9-11,20,30H,4-5,7-8,12-14H2,1-2H3,(H,31,35). The van der Waals surface area contributed by atoms with Gasteiger partial charge < -0.3 is 19.9 Å². The van der Waals surface area contributed by atoms with Crippen LogP contribution in [0.2, 0.25) is 5.02 Å². The first-order valence-corrected chi connectivity index (χ1v) is 12.3. The molecule has 2 aliphatic rings. The number of amides is 2. The van der Waals surface area contributed by atoms with Gasteiger partial charge >= 0.3 is 0 Å². The van der Waals surface area contributed by atoms with Gasteiger partial charge in [-0.15, -0.1) is 0 Å². The Kier molecular flexibility index (Phi) is 6.38. The highest BCUT2D eigenvalue weighted by molar-refractivity contribution is 6.33. The van der Waals surface area contributed by atoms with E-state index in [9.17, 15) is 18.4 Å². The minimum absolute atomic E-state index is 0.00612. The van der Waals surface area contributed by atoms with Gasteiger partial charge in [0.15, 0.2) is 0 Å². The maximum absolute atomic E-state index is 13.6. The summed E-state index contributed by atoms with van der Waals surface area (Å²) in [5, 5.41) is 5.20. The van der Waals surface area contributed by atoms with Crippen LogP contribution in [0.15, 0.2) is 30.6 Å². The largest absolute Gasteiger partial charge is 0.372 e. The van der Waals surface area contributed by atoms with Gasteiger partial charge in [-0.1, -0.05) is 11.6 Å². The molecular formula is C25H28ClF2N5O3. The number of nitrogens with one attached hydrogen (secondary N) is 2. The number of hydrogen-bond acceptors (Lipinski definition) is 5. The van der Waals surface area contributed by atoms with Crippen LogP contribution in [0, 0.1) is 0 Å². The SMILES string of the molecule is CC1(C)CN(CC(=O)N2CCC(F)(F)CC2)C(C(=O)Nc2cc(Cl)cc3c2[nH]c2cnccc23)CO1. The highest BCUT2D eigenvalue weighted by Gasteiger charge is 2.41. The number of H-pyrrole nitrogens is 1. The molecule has 11 heteroatoms. The molecule has 2 saturated heterocycles. The number of aromatic nitrogens is 2. The van der Waals surface area contributed by atoms with Gasteiger partial charge in [0, 0.05) is 54.5 Å². The number of alkyl halides is 2. The molecule has 2 fully saturated rings. The summed E-state index contributed by atoms with van der Waals surface area (Å²) in [5.74, 6) is -3.35. The topological polar surface area (TPSA) is 90.6 Å². The molecule has 3 aromatic rings. The highest BCUT2D eigenvalue weighted by Crippen LogP contribution is 2.34. The van der Waals surface area contributed by atoms with Crippen LogP contribution in [0.3, 0.4) is 0 Å². The molecule has 0 aliphatic carbocycles. The lowest BCUT2D eigenvalue weighted by Crippen LogP contribution is -2.60. The number of hydrogen-bond donors (Lipinski definition) is 2. The second-order valence-corrected chi connectivity index (χ2v) is 10.6. The zero-order valence-electron chi connectivity index (χ0n) is 20.1. The van der Waals surface area contributed by atoms with E-state index in [0.29, 0.717) is 22.8 Å². The van der Waals surface area contributed by atoms with Crippen molar-refractivity contribution in [1.82, 2.24) is 19.8 Å². The molecule has 0 saturated carbocycles. The number of nitrogens with zero attached hydrogens (tertiary/aromatic N) is 3. The van der Waals surface area contributed by atoms with Gasteiger partial charge in [0.1, 0.15) is 6.04 Å². The summed E-state index contributed by atoms with van der Waals surface area (Å²) in [6, 6.07) is 4.62. The summed E-state index contributed by atoms with van der Waals surface area (Å²) >= 11 is 6.37. The molecule has 1 atom stereocenters. The minimum Gasteiger partial charge on any atom is -0.372 e. The molecule has 1 unspecified atom stereocenters. The Labute approximate surface area is 211 Å². The predicted octanol–water partition coefficient (Wildman–Crippen LogP) is 4.05. The molecule has 1 aromatic carbocycles. The van der Waals surface area contributed by atoms with E-state index < -0.39 is 17.6 Å². The first-order valence-electron chi connectivity index (χ1n) is 11.9. The van der Waals surface area contributed by atoms with Crippen molar-refractivity contribution < 1.29 is 23.1 Å². The number of piperidine rings is 1. The third-order valence-electron chi connectivity index (χ3n) is 6.88. The number of benzene rings is 1. The number of anilines is 1. The molecule has 4 heterocycles. The molecule has 8 nitrogen and oxygen atoms in total. The van der Waals surface area contributed by atoms with E-state index in [2.05, 4.69) is 15.3 Å². The van der Waals surface area contributed by atoms with Crippen molar-refractivity contribution in [2.75, 3.05) is 38.1 Å². The number of likely N-dealkylation sites (tertiary alicyclic amines) is 1.